The Morgan fingerprint density at radius 2 is 1.76 bits per heavy atom. The third-order valence-electron chi connectivity index (χ3n) is 4.46. The Morgan fingerprint density at radius 3 is 2.31 bits per heavy atom. The number of nitrogens with one attached hydrogen (secondary N) is 2. The fourth-order valence-corrected chi connectivity index (χ4v) is 4.37. The molecule has 0 radical (unpaired) electrons. The lowest BCUT2D eigenvalue weighted by molar-refractivity contribution is -0.144. The minimum atomic E-state index is -3.71. The van der Waals surface area contributed by atoms with Crippen LogP contribution in [0.5, 0.6) is 0 Å². The van der Waals surface area contributed by atoms with E-state index in [0.29, 0.717) is 18.5 Å². The molecule has 2 amide bonds. The zero-order valence-corrected chi connectivity index (χ0v) is 17.2. The molecule has 2 N–H and O–H groups in total. The molecule has 0 aromatic heterocycles. The summed E-state index contributed by atoms with van der Waals surface area (Å²) < 4.78 is 36.1. The number of esters is 1. The van der Waals surface area contributed by atoms with Crippen LogP contribution in [-0.2, 0) is 29.1 Å². The number of piperidine rings is 1. The topological polar surface area (TPSA) is 131 Å². The maximum atomic E-state index is 12.8. The van der Waals surface area contributed by atoms with Gasteiger partial charge in [-0.3, -0.25) is 14.9 Å². The molecular weight excluding hydrogens is 402 g/mol. The van der Waals surface area contributed by atoms with Crippen LogP contribution in [0.2, 0.25) is 0 Å². The minimum Gasteiger partial charge on any atom is -0.465 e. The predicted molar refractivity (Wildman–Crippen MR) is 104 cm³/mol. The Bertz CT molecular complexity index is 832. The first kappa shape index (κ1) is 22.6. The normalized spacial score (nSPS) is 15.4. The first-order valence-corrected chi connectivity index (χ1v) is 10.6. The van der Waals surface area contributed by atoms with Gasteiger partial charge in [0.05, 0.1) is 18.6 Å². The number of hydrogen-bond donors (Lipinski definition) is 2. The number of sulfonamides is 1. The number of carbonyl (C=O) groups is 3. The van der Waals surface area contributed by atoms with Crippen molar-refractivity contribution in [2.75, 3.05) is 38.7 Å². The predicted octanol–water partition coefficient (Wildman–Crippen LogP) is 0.945. The van der Waals surface area contributed by atoms with Gasteiger partial charge in [0.15, 0.2) is 0 Å². The molecule has 29 heavy (non-hydrogen) atoms. The third kappa shape index (κ3) is 6.16. The zero-order valence-electron chi connectivity index (χ0n) is 16.3. The largest absolute Gasteiger partial charge is 0.465 e. The Balaban J connectivity index is 1.91. The molecule has 1 aliphatic rings. The van der Waals surface area contributed by atoms with Gasteiger partial charge in [0, 0.05) is 24.7 Å². The number of methoxy groups -OCH3 is 1. The number of benzene rings is 1. The van der Waals surface area contributed by atoms with Crippen molar-refractivity contribution >= 4 is 33.7 Å². The summed E-state index contributed by atoms with van der Waals surface area (Å²) >= 11 is 0. The number of rotatable bonds is 7. The highest BCUT2D eigenvalue weighted by Crippen LogP contribution is 2.25. The molecular formula is C18H25N3O7S. The van der Waals surface area contributed by atoms with Crippen LogP contribution in [-0.4, -0.2) is 64.0 Å². The van der Waals surface area contributed by atoms with Crippen LogP contribution in [0.25, 0.3) is 0 Å². The monoisotopic (exact) mass is 427 g/mol. The van der Waals surface area contributed by atoms with Crippen LogP contribution in [0.4, 0.5) is 10.5 Å². The van der Waals surface area contributed by atoms with Gasteiger partial charge in [-0.05, 0) is 44.0 Å². The highest BCUT2D eigenvalue weighted by molar-refractivity contribution is 7.89. The Morgan fingerprint density at radius 1 is 1.14 bits per heavy atom. The van der Waals surface area contributed by atoms with Gasteiger partial charge in [0.1, 0.15) is 6.54 Å². The second kappa shape index (κ2) is 10.2. The molecule has 10 nitrogen and oxygen atoms in total. The number of anilines is 1. The maximum Gasteiger partial charge on any atom is 0.411 e. The van der Waals surface area contributed by atoms with Crippen molar-refractivity contribution in [3.8, 4) is 0 Å². The van der Waals surface area contributed by atoms with Crippen LogP contribution >= 0.6 is 0 Å². The zero-order chi connectivity index (χ0) is 21.4. The van der Waals surface area contributed by atoms with Crippen molar-refractivity contribution in [1.82, 2.24) is 9.62 Å². The standard InChI is InChI=1S/C18H25N3O7S/c1-3-28-16(22)12-19-17(23)13-8-10-21(11-9-13)29(25,26)15-6-4-14(5-7-15)20-18(24)27-2/h4-7,13H,3,8-12H2,1-2H3,(H,19,23)(H,20,24). The average Bonchev–Trinajstić information content (AvgIpc) is 2.72. The summed E-state index contributed by atoms with van der Waals surface area (Å²) in [5, 5.41) is 4.97. The van der Waals surface area contributed by atoms with E-state index in [1.165, 1.54) is 35.7 Å². The van der Waals surface area contributed by atoms with Crippen molar-refractivity contribution in [2.45, 2.75) is 24.7 Å². The Labute approximate surface area is 169 Å². The lowest BCUT2D eigenvalue weighted by Gasteiger charge is -2.30. The van der Waals surface area contributed by atoms with E-state index in [9.17, 15) is 22.8 Å². The van der Waals surface area contributed by atoms with Crippen molar-refractivity contribution in [3.05, 3.63) is 24.3 Å². The van der Waals surface area contributed by atoms with Crippen LogP contribution in [0.15, 0.2) is 29.2 Å². The molecule has 0 saturated carbocycles. The molecule has 1 saturated heterocycles. The van der Waals surface area contributed by atoms with Crippen LogP contribution in [0, 0.1) is 5.92 Å². The number of nitrogens with zero attached hydrogens (tertiary/aromatic N) is 1. The SMILES string of the molecule is CCOC(=O)CNC(=O)C1CCN(S(=O)(=O)c2ccc(NC(=O)OC)cc2)CC1. The van der Waals surface area contributed by atoms with E-state index < -0.39 is 22.1 Å². The lowest BCUT2D eigenvalue weighted by atomic mass is 9.97. The molecule has 1 aromatic rings. The highest BCUT2D eigenvalue weighted by Gasteiger charge is 2.32. The summed E-state index contributed by atoms with van der Waals surface area (Å²) in [4.78, 5) is 34.8. The number of ether oxygens (including phenoxy) is 2. The fourth-order valence-electron chi connectivity index (χ4n) is 2.90. The van der Waals surface area contributed by atoms with Gasteiger partial charge in [-0.25, -0.2) is 13.2 Å². The summed E-state index contributed by atoms with van der Waals surface area (Å²) in [5.74, 6) is -1.15. The van der Waals surface area contributed by atoms with Gasteiger partial charge in [0.25, 0.3) is 0 Å². The Hall–Kier alpha value is -2.66. The molecule has 0 atom stereocenters. The number of hydrogen-bond acceptors (Lipinski definition) is 7. The maximum absolute atomic E-state index is 12.8. The molecule has 0 spiro atoms. The van der Waals surface area contributed by atoms with E-state index in [0.717, 1.165) is 0 Å². The molecule has 0 bridgehead atoms. The van der Waals surface area contributed by atoms with Gasteiger partial charge in [-0.1, -0.05) is 0 Å². The first-order chi connectivity index (χ1) is 13.8. The van der Waals surface area contributed by atoms with E-state index in [1.54, 1.807) is 6.92 Å². The summed E-state index contributed by atoms with van der Waals surface area (Å²) in [5.41, 5.74) is 0.410. The minimum absolute atomic E-state index is 0.0955. The third-order valence-corrected chi connectivity index (χ3v) is 6.37. The van der Waals surface area contributed by atoms with Gasteiger partial charge in [-0.2, -0.15) is 4.31 Å². The van der Waals surface area contributed by atoms with Crippen molar-refractivity contribution in [3.63, 3.8) is 0 Å². The molecule has 1 heterocycles. The number of amides is 2. The van der Waals surface area contributed by atoms with Crippen molar-refractivity contribution in [2.24, 2.45) is 5.92 Å². The Kier molecular flexibility index (Phi) is 7.97. The first-order valence-electron chi connectivity index (χ1n) is 9.16. The molecule has 0 aliphatic carbocycles. The van der Waals surface area contributed by atoms with E-state index in [4.69, 9.17) is 4.74 Å². The molecule has 2 rings (SSSR count). The van der Waals surface area contributed by atoms with Gasteiger partial charge >= 0.3 is 12.1 Å². The van der Waals surface area contributed by atoms with Gasteiger partial charge < -0.3 is 14.8 Å². The molecule has 0 unspecified atom stereocenters. The van der Waals surface area contributed by atoms with Gasteiger partial charge in [0.2, 0.25) is 15.9 Å². The van der Waals surface area contributed by atoms with Crippen LogP contribution in [0.3, 0.4) is 0 Å². The molecule has 160 valence electrons. The highest BCUT2D eigenvalue weighted by atomic mass is 32.2. The van der Waals surface area contributed by atoms with Crippen LogP contribution in [0.1, 0.15) is 19.8 Å². The second-order valence-electron chi connectivity index (χ2n) is 6.34. The molecule has 11 heteroatoms. The second-order valence-corrected chi connectivity index (χ2v) is 8.28. The van der Waals surface area contributed by atoms with E-state index >= 15 is 0 Å². The van der Waals surface area contributed by atoms with E-state index in [-0.39, 0.29) is 43.0 Å². The van der Waals surface area contributed by atoms with E-state index in [1.807, 2.05) is 0 Å². The summed E-state index contributed by atoms with van der Waals surface area (Å²) in [6.07, 6.45) is 0.0649. The number of carbonyl (C=O) groups excluding carboxylic acids is 3. The average molecular weight is 427 g/mol. The lowest BCUT2D eigenvalue weighted by Crippen LogP contribution is -2.44. The quantitative estimate of drug-likeness (QED) is 0.619. The fraction of sp³-hybridized carbons (Fsp3) is 0.500. The van der Waals surface area contributed by atoms with Gasteiger partial charge in [-0.15, -0.1) is 0 Å². The summed E-state index contributed by atoms with van der Waals surface area (Å²) in [6.45, 7) is 2.12. The smallest absolute Gasteiger partial charge is 0.411 e. The van der Waals surface area contributed by atoms with Crippen LogP contribution < -0.4 is 10.6 Å². The summed E-state index contributed by atoms with van der Waals surface area (Å²) in [7, 11) is -2.48. The molecule has 1 aliphatic heterocycles. The molecule has 1 fully saturated rings. The van der Waals surface area contributed by atoms with Crippen molar-refractivity contribution in [1.29, 1.82) is 0 Å². The van der Waals surface area contributed by atoms with Crippen molar-refractivity contribution < 1.29 is 32.3 Å². The molecule has 1 aromatic carbocycles. The summed E-state index contributed by atoms with van der Waals surface area (Å²) in [6, 6.07) is 5.75. The van der Waals surface area contributed by atoms with E-state index in [2.05, 4.69) is 15.4 Å².